The van der Waals surface area contributed by atoms with Gasteiger partial charge in [-0.15, -0.1) is 0 Å². The zero-order chi connectivity index (χ0) is 20.1. The van der Waals surface area contributed by atoms with Crippen LogP contribution in [0.5, 0.6) is 0 Å². The molecule has 0 saturated carbocycles. The van der Waals surface area contributed by atoms with Crippen LogP contribution in [-0.2, 0) is 4.79 Å². The van der Waals surface area contributed by atoms with Crippen LogP contribution in [-0.4, -0.2) is 53.0 Å². The van der Waals surface area contributed by atoms with E-state index in [1.165, 1.54) is 5.56 Å². The first kappa shape index (κ1) is 20.6. The molecule has 2 aromatic carbocycles. The van der Waals surface area contributed by atoms with E-state index < -0.39 is 5.97 Å². The molecular weight excluding hydrogens is 420 g/mol. The average Bonchev–Trinajstić information content (AvgIpc) is 2.70. The van der Waals surface area contributed by atoms with Gasteiger partial charge in [-0.3, -0.25) is 14.5 Å². The van der Waals surface area contributed by atoms with Crippen molar-refractivity contribution < 1.29 is 14.7 Å². The van der Waals surface area contributed by atoms with Crippen molar-refractivity contribution in [3.05, 3.63) is 69.7 Å². The van der Waals surface area contributed by atoms with Crippen molar-refractivity contribution in [1.82, 2.24) is 9.80 Å². The molecule has 0 bridgehead atoms. The zero-order valence-corrected chi connectivity index (χ0v) is 17.6. The maximum absolute atomic E-state index is 12.7. The molecule has 6 heteroatoms. The monoisotopic (exact) mass is 444 g/mol. The standard InChI is InChI=1S/C22H25BrN2O3/c1-16-2-4-17(5-3-16)20(10-11-21(26)27)24-12-14-25(15-13-24)22(28)18-6-8-19(23)9-7-18/h2-9,20H,10-15H2,1H3,(H,26,27)/t20-/m0/s1. The highest BCUT2D eigenvalue weighted by molar-refractivity contribution is 9.10. The van der Waals surface area contributed by atoms with Crippen LogP contribution in [0.2, 0.25) is 0 Å². The van der Waals surface area contributed by atoms with Crippen LogP contribution in [0.25, 0.3) is 0 Å². The summed E-state index contributed by atoms with van der Waals surface area (Å²) in [5, 5.41) is 9.14. The van der Waals surface area contributed by atoms with E-state index in [4.69, 9.17) is 5.11 Å². The van der Waals surface area contributed by atoms with Crippen molar-refractivity contribution >= 4 is 27.8 Å². The van der Waals surface area contributed by atoms with Crippen LogP contribution in [0.4, 0.5) is 0 Å². The number of halogens is 1. The number of rotatable bonds is 6. The molecular formula is C22H25BrN2O3. The van der Waals surface area contributed by atoms with Crippen molar-refractivity contribution in [2.24, 2.45) is 0 Å². The Balaban J connectivity index is 1.67. The normalized spacial score (nSPS) is 16.0. The lowest BCUT2D eigenvalue weighted by Crippen LogP contribution is -2.49. The molecule has 0 radical (unpaired) electrons. The van der Waals surface area contributed by atoms with Crippen LogP contribution in [0.15, 0.2) is 53.0 Å². The Morgan fingerprint density at radius 2 is 1.61 bits per heavy atom. The van der Waals surface area contributed by atoms with E-state index in [-0.39, 0.29) is 18.4 Å². The Morgan fingerprint density at radius 3 is 2.18 bits per heavy atom. The van der Waals surface area contributed by atoms with Gasteiger partial charge in [-0.1, -0.05) is 45.8 Å². The molecule has 1 fully saturated rings. The number of nitrogens with zero attached hydrogens (tertiary/aromatic N) is 2. The maximum atomic E-state index is 12.7. The molecule has 5 nitrogen and oxygen atoms in total. The lowest BCUT2D eigenvalue weighted by molar-refractivity contribution is -0.137. The summed E-state index contributed by atoms with van der Waals surface area (Å²) in [7, 11) is 0. The zero-order valence-electron chi connectivity index (χ0n) is 16.0. The molecule has 3 rings (SSSR count). The molecule has 28 heavy (non-hydrogen) atoms. The molecule has 1 saturated heterocycles. The van der Waals surface area contributed by atoms with E-state index in [2.05, 4.69) is 45.1 Å². The van der Waals surface area contributed by atoms with E-state index in [1.807, 2.05) is 36.1 Å². The summed E-state index contributed by atoms with van der Waals surface area (Å²) in [5.74, 6) is -0.731. The average molecular weight is 445 g/mol. The van der Waals surface area contributed by atoms with Gasteiger partial charge in [0.25, 0.3) is 5.91 Å². The minimum absolute atomic E-state index is 0.0459. The second-order valence-electron chi connectivity index (χ2n) is 7.19. The SMILES string of the molecule is Cc1ccc([C@H](CCC(=O)O)N2CCN(C(=O)c3ccc(Br)cc3)CC2)cc1. The predicted molar refractivity (Wildman–Crippen MR) is 112 cm³/mol. The second kappa shape index (κ2) is 9.34. The van der Waals surface area contributed by atoms with Gasteiger partial charge in [-0.05, 0) is 43.2 Å². The van der Waals surface area contributed by atoms with E-state index >= 15 is 0 Å². The van der Waals surface area contributed by atoms with E-state index in [0.29, 0.717) is 25.1 Å². The number of aryl methyl sites for hydroxylation is 1. The number of piperazine rings is 1. The first-order chi connectivity index (χ1) is 13.4. The van der Waals surface area contributed by atoms with E-state index in [9.17, 15) is 9.59 Å². The van der Waals surface area contributed by atoms with Crippen LogP contribution in [0.3, 0.4) is 0 Å². The quantitative estimate of drug-likeness (QED) is 0.727. The largest absolute Gasteiger partial charge is 0.481 e. The van der Waals surface area contributed by atoms with Crippen LogP contribution >= 0.6 is 15.9 Å². The summed E-state index contributed by atoms with van der Waals surface area (Å²) in [6.45, 7) is 4.80. The smallest absolute Gasteiger partial charge is 0.303 e. The summed E-state index contributed by atoms with van der Waals surface area (Å²) >= 11 is 3.39. The number of hydrogen-bond donors (Lipinski definition) is 1. The van der Waals surface area contributed by atoms with E-state index in [1.54, 1.807) is 0 Å². The van der Waals surface area contributed by atoms with Gasteiger partial charge in [0, 0.05) is 48.7 Å². The fourth-order valence-corrected chi connectivity index (χ4v) is 3.88. The van der Waals surface area contributed by atoms with Gasteiger partial charge in [0.15, 0.2) is 0 Å². The predicted octanol–water partition coefficient (Wildman–Crippen LogP) is 4.12. The Labute approximate surface area is 174 Å². The molecule has 1 aliphatic rings. The number of amides is 1. The number of carbonyl (C=O) groups is 2. The topological polar surface area (TPSA) is 60.9 Å². The second-order valence-corrected chi connectivity index (χ2v) is 8.11. The molecule has 1 atom stereocenters. The van der Waals surface area contributed by atoms with Gasteiger partial charge in [0.2, 0.25) is 0 Å². The molecule has 2 aromatic rings. The third-order valence-corrected chi connectivity index (χ3v) is 5.76. The molecule has 0 aromatic heterocycles. The number of hydrogen-bond acceptors (Lipinski definition) is 3. The van der Waals surface area contributed by atoms with Gasteiger partial charge in [0.05, 0.1) is 0 Å². The highest BCUT2D eigenvalue weighted by atomic mass is 79.9. The maximum Gasteiger partial charge on any atom is 0.303 e. The highest BCUT2D eigenvalue weighted by Gasteiger charge is 2.27. The van der Waals surface area contributed by atoms with Crippen LogP contribution < -0.4 is 0 Å². The van der Waals surface area contributed by atoms with Crippen molar-refractivity contribution in [1.29, 1.82) is 0 Å². The minimum atomic E-state index is -0.777. The molecule has 1 aliphatic heterocycles. The van der Waals surface area contributed by atoms with Gasteiger partial charge in [-0.25, -0.2) is 0 Å². The molecule has 148 valence electrons. The summed E-state index contributed by atoms with van der Waals surface area (Å²) < 4.78 is 0.952. The van der Waals surface area contributed by atoms with Crippen LogP contribution in [0.1, 0.15) is 40.4 Å². The number of benzene rings is 2. The Kier molecular flexibility index (Phi) is 6.86. The van der Waals surface area contributed by atoms with Crippen molar-refractivity contribution in [3.63, 3.8) is 0 Å². The molecule has 0 spiro atoms. The summed E-state index contributed by atoms with van der Waals surface area (Å²) in [4.78, 5) is 28.0. The summed E-state index contributed by atoms with van der Waals surface area (Å²) in [5.41, 5.74) is 3.02. The van der Waals surface area contributed by atoms with Gasteiger partial charge < -0.3 is 10.0 Å². The Bertz CT molecular complexity index is 813. The van der Waals surface area contributed by atoms with Crippen molar-refractivity contribution in [2.45, 2.75) is 25.8 Å². The molecule has 0 unspecified atom stereocenters. The third kappa shape index (κ3) is 5.20. The number of carboxylic acids is 1. The molecule has 1 amide bonds. The highest BCUT2D eigenvalue weighted by Crippen LogP contribution is 2.27. The van der Waals surface area contributed by atoms with Gasteiger partial charge >= 0.3 is 5.97 Å². The summed E-state index contributed by atoms with van der Waals surface area (Å²) in [6, 6.07) is 15.8. The molecule has 1 N–H and O–H groups in total. The fraction of sp³-hybridized carbons (Fsp3) is 0.364. The molecule has 0 aliphatic carbocycles. The number of carbonyl (C=O) groups excluding carboxylic acids is 1. The number of carboxylic acid groups (broad SMARTS) is 1. The molecule has 1 heterocycles. The number of aliphatic carboxylic acids is 1. The van der Waals surface area contributed by atoms with E-state index in [0.717, 1.165) is 23.1 Å². The Hall–Kier alpha value is -2.18. The van der Waals surface area contributed by atoms with Crippen molar-refractivity contribution in [3.8, 4) is 0 Å². The first-order valence-corrected chi connectivity index (χ1v) is 10.3. The lowest BCUT2D eigenvalue weighted by atomic mass is 9.98. The third-order valence-electron chi connectivity index (χ3n) is 5.23. The van der Waals surface area contributed by atoms with Gasteiger partial charge in [0.1, 0.15) is 0 Å². The Morgan fingerprint density at radius 1 is 1.00 bits per heavy atom. The fourth-order valence-electron chi connectivity index (χ4n) is 3.62. The minimum Gasteiger partial charge on any atom is -0.481 e. The van der Waals surface area contributed by atoms with Gasteiger partial charge in [-0.2, -0.15) is 0 Å². The van der Waals surface area contributed by atoms with Crippen LogP contribution in [0, 0.1) is 6.92 Å². The van der Waals surface area contributed by atoms with Crippen molar-refractivity contribution in [2.75, 3.05) is 26.2 Å². The summed E-state index contributed by atoms with van der Waals surface area (Å²) in [6.07, 6.45) is 0.704. The first-order valence-electron chi connectivity index (χ1n) is 9.51. The lowest BCUT2D eigenvalue weighted by Gasteiger charge is -2.39.